The molecule has 0 aliphatic heterocycles. The Morgan fingerprint density at radius 3 is 2.55 bits per heavy atom. The van der Waals surface area contributed by atoms with E-state index in [-0.39, 0.29) is 33.8 Å². The van der Waals surface area contributed by atoms with Gasteiger partial charge < -0.3 is 15.6 Å². The molecule has 170 valence electrons. The van der Waals surface area contributed by atoms with Crippen LogP contribution < -0.4 is 10.5 Å². The molecule has 0 amide bonds. The van der Waals surface area contributed by atoms with Crippen LogP contribution in [0.3, 0.4) is 0 Å². The predicted molar refractivity (Wildman–Crippen MR) is 114 cm³/mol. The van der Waals surface area contributed by atoms with Gasteiger partial charge in [-0.15, -0.1) is 0 Å². The standard InChI is InChI=1S/C22H18F3N5O3/c1-10-4-5-14(33-3)11(2)18(10)30-19(26)16(21(31)32)17-20(30)28-9-13(29-17)12-6-7-27-15(8-12)22(23,24)25/h4-9H,26H2,1-3H3,(H,31,32). The molecule has 0 saturated heterocycles. The Bertz CT molecular complexity index is 1410. The highest BCUT2D eigenvalue weighted by atomic mass is 19.4. The van der Waals surface area contributed by atoms with Gasteiger partial charge in [0.2, 0.25) is 0 Å². The maximum absolute atomic E-state index is 13.1. The van der Waals surface area contributed by atoms with Crippen LogP contribution in [0, 0.1) is 13.8 Å². The summed E-state index contributed by atoms with van der Waals surface area (Å²) in [5.74, 6) is -0.888. The van der Waals surface area contributed by atoms with Crippen LogP contribution in [0.1, 0.15) is 27.2 Å². The lowest BCUT2D eigenvalue weighted by Crippen LogP contribution is -2.08. The van der Waals surface area contributed by atoms with Crippen molar-refractivity contribution < 1.29 is 27.8 Å². The molecule has 0 atom stereocenters. The van der Waals surface area contributed by atoms with Gasteiger partial charge in [-0.25, -0.2) is 14.8 Å². The van der Waals surface area contributed by atoms with E-state index >= 15 is 0 Å². The minimum atomic E-state index is -4.64. The Labute approximate surface area is 185 Å². The van der Waals surface area contributed by atoms with Crippen LogP contribution in [0.15, 0.2) is 36.7 Å². The number of hydrogen-bond acceptors (Lipinski definition) is 6. The Morgan fingerprint density at radius 2 is 1.91 bits per heavy atom. The number of aromatic nitrogens is 4. The lowest BCUT2D eigenvalue weighted by atomic mass is 10.1. The third-order valence-corrected chi connectivity index (χ3v) is 5.29. The average Bonchev–Trinajstić information content (AvgIpc) is 3.05. The van der Waals surface area contributed by atoms with Crippen LogP contribution in [-0.4, -0.2) is 37.7 Å². The van der Waals surface area contributed by atoms with E-state index in [1.165, 1.54) is 23.9 Å². The van der Waals surface area contributed by atoms with Crippen LogP contribution in [0.4, 0.5) is 19.0 Å². The predicted octanol–water partition coefficient (Wildman–Crippen LogP) is 4.41. The molecule has 4 rings (SSSR count). The molecule has 3 heterocycles. The number of nitrogens with two attached hydrogens (primary N) is 1. The number of carboxylic acids is 1. The summed E-state index contributed by atoms with van der Waals surface area (Å²) in [5.41, 5.74) is 7.15. The fourth-order valence-corrected chi connectivity index (χ4v) is 3.76. The Kier molecular flexibility index (Phi) is 5.19. The summed E-state index contributed by atoms with van der Waals surface area (Å²) in [6, 6.07) is 5.74. The van der Waals surface area contributed by atoms with Crippen molar-refractivity contribution >= 4 is 23.0 Å². The van der Waals surface area contributed by atoms with Crippen LogP contribution in [-0.2, 0) is 6.18 Å². The molecule has 4 aromatic rings. The number of carbonyl (C=O) groups is 1. The monoisotopic (exact) mass is 457 g/mol. The van der Waals surface area contributed by atoms with Crippen LogP contribution in [0.25, 0.3) is 28.1 Å². The van der Waals surface area contributed by atoms with Crippen LogP contribution >= 0.6 is 0 Å². The maximum Gasteiger partial charge on any atom is 0.433 e. The number of carboxylic acid groups (broad SMARTS) is 1. The number of aromatic carboxylic acids is 1. The van der Waals surface area contributed by atoms with Crippen molar-refractivity contribution in [3.05, 3.63) is 59.0 Å². The number of rotatable bonds is 4. The highest BCUT2D eigenvalue weighted by molar-refractivity contribution is 6.07. The van der Waals surface area contributed by atoms with E-state index in [2.05, 4.69) is 15.0 Å². The molecule has 8 nitrogen and oxygen atoms in total. The Balaban J connectivity index is 2.01. The molecule has 11 heteroatoms. The zero-order valence-electron chi connectivity index (χ0n) is 17.7. The first-order chi connectivity index (χ1) is 15.5. The molecule has 0 unspecified atom stereocenters. The van der Waals surface area contributed by atoms with Crippen molar-refractivity contribution in [3.8, 4) is 22.7 Å². The SMILES string of the molecule is COc1ccc(C)c(-n2c(N)c(C(=O)O)c3nc(-c4ccnc(C(F)(F)F)c4)cnc32)c1C. The number of alkyl halides is 3. The largest absolute Gasteiger partial charge is 0.496 e. The van der Waals surface area contributed by atoms with Gasteiger partial charge in [-0.3, -0.25) is 9.55 Å². The van der Waals surface area contributed by atoms with E-state index in [0.29, 0.717) is 17.0 Å². The molecule has 0 bridgehead atoms. The maximum atomic E-state index is 13.1. The fraction of sp³-hybridized carbons (Fsp3) is 0.182. The number of pyridine rings is 1. The summed E-state index contributed by atoms with van der Waals surface area (Å²) in [7, 11) is 1.51. The third kappa shape index (κ3) is 3.60. The molecule has 0 aliphatic carbocycles. The van der Waals surface area contributed by atoms with Crippen molar-refractivity contribution in [2.45, 2.75) is 20.0 Å². The van der Waals surface area contributed by atoms with E-state index < -0.39 is 17.8 Å². The number of hydrogen-bond donors (Lipinski definition) is 2. The molecule has 0 radical (unpaired) electrons. The second-order valence-corrected chi connectivity index (χ2v) is 7.31. The van der Waals surface area contributed by atoms with Gasteiger partial charge in [-0.2, -0.15) is 13.2 Å². The molecule has 0 spiro atoms. The Morgan fingerprint density at radius 1 is 1.18 bits per heavy atom. The van der Waals surface area contributed by atoms with Gasteiger partial charge >= 0.3 is 12.1 Å². The van der Waals surface area contributed by atoms with Crippen molar-refractivity contribution in [2.75, 3.05) is 12.8 Å². The number of ether oxygens (including phenoxy) is 1. The van der Waals surface area contributed by atoms with E-state index in [1.807, 2.05) is 6.92 Å². The second kappa shape index (κ2) is 7.76. The number of nitrogens with zero attached hydrogens (tertiary/aromatic N) is 4. The lowest BCUT2D eigenvalue weighted by Gasteiger charge is -2.16. The molecule has 0 aliphatic rings. The number of benzene rings is 1. The van der Waals surface area contributed by atoms with Crippen molar-refractivity contribution in [2.24, 2.45) is 0 Å². The van der Waals surface area contributed by atoms with Gasteiger partial charge in [0.1, 0.15) is 28.3 Å². The van der Waals surface area contributed by atoms with Gasteiger partial charge in [-0.05, 0) is 37.6 Å². The average molecular weight is 457 g/mol. The van der Waals surface area contributed by atoms with Crippen molar-refractivity contribution in [1.29, 1.82) is 0 Å². The summed E-state index contributed by atoms with van der Waals surface area (Å²) in [6.07, 6.45) is -2.37. The summed E-state index contributed by atoms with van der Waals surface area (Å²) in [6.45, 7) is 3.62. The molecule has 3 aromatic heterocycles. The molecule has 33 heavy (non-hydrogen) atoms. The number of halogens is 3. The first-order valence-electron chi connectivity index (χ1n) is 9.63. The first-order valence-corrected chi connectivity index (χ1v) is 9.63. The molecule has 0 fully saturated rings. The highest BCUT2D eigenvalue weighted by Crippen LogP contribution is 2.36. The zero-order valence-corrected chi connectivity index (χ0v) is 17.7. The van der Waals surface area contributed by atoms with Crippen LogP contribution in [0.2, 0.25) is 0 Å². The van der Waals surface area contributed by atoms with E-state index in [1.54, 1.807) is 19.1 Å². The minimum Gasteiger partial charge on any atom is -0.496 e. The second-order valence-electron chi connectivity index (χ2n) is 7.31. The molecule has 1 aromatic carbocycles. The van der Waals surface area contributed by atoms with E-state index in [4.69, 9.17) is 10.5 Å². The van der Waals surface area contributed by atoms with Crippen molar-refractivity contribution in [1.82, 2.24) is 19.5 Å². The molecule has 0 saturated carbocycles. The smallest absolute Gasteiger partial charge is 0.433 e. The summed E-state index contributed by atoms with van der Waals surface area (Å²) in [5, 5.41) is 9.83. The van der Waals surface area contributed by atoms with Gasteiger partial charge in [0.25, 0.3) is 0 Å². The van der Waals surface area contributed by atoms with Crippen LogP contribution in [0.5, 0.6) is 5.75 Å². The van der Waals surface area contributed by atoms with Crippen molar-refractivity contribution in [3.63, 3.8) is 0 Å². The number of aryl methyl sites for hydroxylation is 1. The third-order valence-electron chi connectivity index (χ3n) is 5.29. The number of nitrogen functional groups attached to an aromatic ring is 1. The summed E-state index contributed by atoms with van der Waals surface area (Å²) < 4.78 is 46.1. The fourth-order valence-electron chi connectivity index (χ4n) is 3.76. The van der Waals surface area contributed by atoms with Gasteiger partial charge in [0, 0.05) is 17.3 Å². The van der Waals surface area contributed by atoms with E-state index in [0.717, 1.165) is 17.8 Å². The lowest BCUT2D eigenvalue weighted by molar-refractivity contribution is -0.141. The topological polar surface area (TPSA) is 116 Å². The van der Waals surface area contributed by atoms with Gasteiger partial charge in [-0.1, -0.05) is 6.07 Å². The minimum absolute atomic E-state index is 0.0501. The number of methoxy groups -OCH3 is 1. The zero-order chi connectivity index (χ0) is 24.1. The van der Waals surface area contributed by atoms with Gasteiger partial charge in [0.05, 0.1) is 24.7 Å². The van der Waals surface area contributed by atoms with E-state index in [9.17, 15) is 23.1 Å². The Hall–Kier alpha value is -4.15. The number of fused-ring (bicyclic) bond motifs is 1. The molecule has 3 N–H and O–H groups in total. The van der Waals surface area contributed by atoms with Gasteiger partial charge in [0.15, 0.2) is 5.65 Å². The highest BCUT2D eigenvalue weighted by Gasteiger charge is 2.33. The first kappa shape index (κ1) is 22.1. The molecular weight excluding hydrogens is 439 g/mol. The summed E-state index contributed by atoms with van der Waals surface area (Å²) in [4.78, 5) is 24.1. The molecular formula is C22H18F3N5O3. The summed E-state index contributed by atoms with van der Waals surface area (Å²) >= 11 is 0. The number of anilines is 1. The quantitative estimate of drug-likeness (QED) is 0.466. The normalized spacial score (nSPS) is 11.7.